The molecule has 0 N–H and O–H groups in total. The van der Waals surface area contributed by atoms with E-state index >= 15 is 0 Å². The fourth-order valence-electron chi connectivity index (χ4n) is 1.09. The van der Waals surface area contributed by atoms with Crippen LogP contribution in [-0.4, -0.2) is 20.9 Å². The van der Waals surface area contributed by atoms with Crippen LogP contribution in [0, 0.1) is 6.92 Å². The summed E-state index contributed by atoms with van der Waals surface area (Å²) in [5, 5.41) is 7.53. The van der Waals surface area contributed by atoms with E-state index in [0.717, 1.165) is 5.56 Å². The number of aromatic nitrogens is 3. The molecule has 0 radical (unpaired) electrons. The molecule has 0 aliphatic heterocycles. The topological polar surface area (TPSA) is 47.3 Å². The van der Waals surface area contributed by atoms with E-state index in [-0.39, 0.29) is 0 Å². The molecule has 0 unspecified atom stereocenters. The van der Waals surface area contributed by atoms with Gasteiger partial charge >= 0.3 is 0 Å². The van der Waals surface area contributed by atoms with E-state index in [2.05, 4.69) is 10.2 Å². The minimum Gasteiger partial charge on any atom is -0.294 e. The number of aryl methyl sites for hydroxylation is 1. The van der Waals surface area contributed by atoms with Gasteiger partial charge in [-0.2, -0.15) is 0 Å². The molecule has 0 spiro atoms. The number of rotatable bonds is 1. The Bertz CT molecular complexity index is 433. The molecule has 2 aromatic heterocycles. The largest absolute Gasteiger partial charge is 0.294 e. The zero-order valence-electron chi connectivity index (χ0n) is 6.56. The highest BCUT2D eigenvalue weighted by Crippen LogP contribution is 2.04. The summed E-state index contributed by atoms with van der Waals surface area (Å²) in [6.07, 6.45) is 2.48. The van der Waals surface area contributed by atoms with Gasteiger partial charge in [-0.05, 0) is 24.6 Å². The average molecular weight is 161 g/mol. The SMILES string of the molecule is Cc1ccn2c(C=O)nnc2c1. The van der Waals surface area contributed by atoms with E-state index in [1.54, 1.807) is 10.6 Å². The lowest BCUT2D eigenvalue weighted by atomic mass is 10.3. The van der Waals surface area contributed by atoms with Crippen LogP contribution in [0.15, 0.2) is 18.3 Å². The van der Waals surface area contributed by atoms with Crippen LogP contribution in [0.4, 0.5) is 0 Å². The minimum atomic E-state index is 0.338. The molecule has 2 heterocycles. The molecule has 4 heteroatoms. The van der Waals surface area contributed by atoms with Crippen LogP contribution in [0.3, 0.4) is 0 Å². The maximum atomic E-state index is 10.4. The third kappa shape index (κ3) is 0.887. The number of carbonyl (C=O) groups is 1. The molecule has 2 aromatic rings. The second-order valence-corrected chi connectivity index (χ2v) is 2.61. The lowest BCUT2D eigenvalue weighted by molar-refractivity contribution is 0.111. The molecule has 4 nitrogen and oxygen atoms in total. The van der Waals surface area contributed by atoms with E-state index < -0.39 is 0 Å². The second-order valence-electron chi connectivity index (χ2n) is 2.61. The number of hydrogen-bond donors (Lipinski definition) is 0. The highest BCUT2D eigenvalue weighted by atomic mass is 16.1. The van der Waals surface area contributed by atoms with Gasteiger partial charge in [-0.25, -0.2) is 0 Å². The van der Waals surface area contributed by atoms with Crippen molar-refractivity contribution >= 4 is 11.9 Å². The Labute approximate surface area is 68.8 Å². The van der Waals surface area contributed by atoms with Gasteiger partial charge in [0.05, 0.1) is 0 Å². The number of pyridine rings is 1. The highest BCUT2D eigenvalue weighted by molar-refractivity contribution is 5.70. The molecule has 12 heavy (non-hydrogen) atoms. The Kier molecular flexibility index (Phi) is 1.40. The fourth-order valence-corrected chi connectivity index (χ4v) is 1.09. The normalized spacial score (nSPS) is 10.4. The van der Waals surface area contributed by atoms with Crippen molar-refractivity contribution in [3.8, 4) is 0 Å². The van der Waals surface area contributed by atoms with Crippen molar-refractivity contribution in [2.45, 2.75) is 6.92 Å². The molecule has 0 fully saturated rings. The van der Waals surface area contributed by atoms with Crippen LogP contribution in [-0.2, 0) is 0 Å². The predicted octanol–water partition coefficient (Wildman–Crippen LogP) is 0.850. The molecule has 0 bridgehead atoms. The van der Waals surface area contributed by atoms with Gasteiger partial charge in [-0.15, -0.1) is 10.2 Å². The quantitative estimate of drug-likeness (QED) is 0.582. The lowest BCUT2D eigenvalue weighted by Crippen LogP contribution is -1.91. The zero-order valence-corrected chi connectivity index (χ0v) is 6.56. The molecule has 2 rings (SSSR count). The van der Waals surface area contributed by atoms with E-state index in [0.29, 0.717) is 17.8 Å². The van der Waals surface area contributed by atoms with E-state index in [4.69, 9.17) is 0 Å². The van der Waals surface area contributed by atoms with Crippen molar-refractivity contribution in [2.75, 3.05) is 0 Å². The third-order valence-electron chi connectivity index (χ3n) is 1.70. The van der Waals surface area contributed by atoms with Crippen molar-refractivity contribution < 1.29 is 4.79 Å². The molecule has 0 atom stereocenters. The van der Waals surface area contributed by atoms with Crippen molar-refractivity contribution in [3.63, 3.8) is 0 Å². The van der Waals surface area contributed by atoms with E-state index in [9.17, 15) is 4.79 Å². The first-order chi connectivity index (χ1) is 5.81. The van der Waals surface area contributed by atoms with Crippen LogP contribution in [0.5, 0.6) is 0 Å². The van der Waals surface area contributed by atoms with Gasteiger partial charge in [0.15, 0.2) is 11.9 Å². The van der Waals surface area contributed by atoms with E-state index in [1.165, 1.54) is 0 Å². The van der Waals surface area contributed by atoms with Gasteiger partial charge in [0.25, 0.3) is 0 Å². The van der Waals surface area contributed by atoms with Crippen molar-refractivity contribution in [3.05, 3.63) is 29.7 Å². The maximum absolute atomic E-state index is 10.4. The average Bonchev–Trinajstić information content (AvgIpc) is 2.46. The monoisotopic (exact) mass is 161 g/mol. The van der Waals surface area contributed by atoms with E-state index in [1.807, 2.05) is 19.1 Å². The molecular weight excluding hydrogens is 154 g/mol. The zero-order chi connectivity index (χ0) is 8.55. The highest BCUT2D eigenvalue weighted by Gasteiger charge is 2.01. The smallest absolute Gasteiger partial charge is 0.201 e. The van der Waals surface area contributed by atoms with Crippen molar-refractivity contribution in [1.82, 2.24) is 14.6 Å². The third-order valence-corrected chi connectivity index (χ3v) is 1.70. The number of aldehydes is 1. The first kappa shape index (κ1) is 6.97. The summed E-state index contributed by atoms with van der Waals surface area (Å²) in [4.78, 5) is 10.4. The first-order valence-corrected chi connectivity index (χ1v) is 3.58. The summed E-state index contributed by atoms with van der Waals surface area (Å²) in [6.45, 7) is 1.97. The van der Waals surface area contributed by atoms with Crippen LogP contribution < -0.4 is 0 Å². The standard InChI is InChI=1S/C8H7N3O/c1-6-2-3-11-7(4-6)9-10-8(11)5-12/h2-5H,1H3. The number of hydrogen-bond acceptors (Lipinski definition) is 3. The van der Waals surface area contributed by atoms with Crippen molar-refractivity contribution in [2.24, 2.45) is 0 Å². The summed E-state index contributed by atoms with van der Waals surface area (Å²) in [5.74, 6) is 0.338. The molecular formula is C8H7N3O. The first-order valence-electron chi connectivity index (χ1n) is 3.58. The Morgan fingerprint density at radius 3 is 3.08 bits per heavy atom. The molecule has 0 aliphatic rings. The predicted molar refractivity (Wildman–Crippen MR) is 43.1 cm³/mol. The lowest BCUT2D eigenvalue weighted by Gasteiger charge is -1.93. The van der Waals surface area contributed by atoms with Gasteiger partial charge < -0.3 is 0 Å². The molecule has 0 aromatic carbocycles. The number of fused-ring (bicyclic) bond motifs is 1. The summed E-state index contributed by atoms with van der Waals surface area (Å²) in [5.41, 5.74) is 1.81. The summed E-state index contributed by atoms with van der Waals surface area (Å²) < 4.78 is 1.65. The summed E-state index contributed by atoms with van der Waals surface area (Å²) in [7, 11) is 0. The van der Waals surface area contributed by atoms with Gasteiger partial charge in [-0.3, -0.25) is 9.20 Å². The molecule has 0 saturated carbocycles. The van der Waals surface area contributed by atoms with Gasteiger partial charge in [0, 0.05) is 6.20 Å². The molecule has 0 amide bonds. The number of nitrogens with zero attached hydrogens (tertiary/aromatic N) is 3. The molecule has 0 aliphatic carbocycles. The van der Waals surface area contributed by atoms with Crippen molar-refractivity contribution in [1.29, 1.82) is 0 Å². The van der Waals surface area contributed by atoms with Crippen LogP contribution >= 0.6 is 0 Å². The maximum Gasteiger partial charge on any atom is 0.201 e. The Morgan fingerprint density at radius 2 is 2.33 bits per heavy atom. The second kappa shape index (κ2) is 2.41. The van der Waals surface area contributed by atoms with Crippen LogP contribution in [0.25, 0.3) is 5.65 Å². The fraction of sp³-hybridized carbons (Fsp3) is 0.125. The van der Waals surface area contributed by atoms with Crippen LogP contribution in [0.2, 0.25) is 0 Å². The van der Waals surface area contributed by atoms with Gasteiger partial charge in [-0.1, -0.05) is 0 Å². The Hall–Kier alpha value is -1.71. The Morgan fingerprint density at radius 1 is 1.50 bits per heavy atom. The molecule has 60 valence electrons. The Balaban J connectivity index is 2.81. The summed E-state index contributed by atoms with van der Waals surface area (Å²) >= 11 is 0. The van der Waals surface area contributed by atoms with Gasteiger partial charge in [0.2, 0.25) is 5.82 Å². The van der Waals surface area contributed by atoms with Crippen LogP contribution in [0.1, 0.15) is 16.2 Å². The number of carbonyl (C=O) groups excluding carboxylic acids is 1. The molecule has 0 saturated heterocycles. The van der Waals surface area contributed by atoms with Gasteiger partial charge in [0.1, 0.15) is 0 Å². The summed E-state index contributed by atoms with van der Waals surface area (Å²) in [6, 6.07) is 3.78. The minimum absolute atomic E-state index is 0.338.